The average molecular weight is 461 g/mol. The molecule has 1 fully saturated rings. The van der Waals surface area contributed by atoms with Crippen molar-refractivity contribution in [3.8, 4) is 17.2 Å². The summed E-state index contributed by atoms with van der Waals surface area (Å²) in [6.07, 6.45) is 8.83. The lowest BCUT2D eigenvalue weighted by atomic mass is 10.0. The van der Waals surface area contributed by atoms with Crippen LogP contribution in [0.3, 0.4) is 0 Å². The number of aromatic nitrogens is 4. The lowest BCUT2D eigenvalue weighted by Gasteiger charge is -2.22. The van der Waals surface area contributed by atoms with E-state index in [0.717, 1.165) is 55.6 Å². The van der Waals surface area contributed by atoms with Crippen molar-refractivity contribution in [1.29, 1.82) is 0 Å². The van der Waals surface area contributed by atoms with Gasteiger partial charge in [0.1, 0.15) is 0 Å². The highest BCUT2D eigenvalue weighted by atomic mass is 16.5. The van der Waals surface area contributed by atoms with Crippen LogP contribution in [-0.4, -0.2) is 63.3 Å². The summed E-state index contributed by atoms with van der Waals surface area (Å²) >= 11 is 0. The van der Waals surface area contributed by atoms with E-state index < -0.39 is 0 Å². The van der Waals surface area contributed by atoms with Gasteiger partial charge in [0.05, 0.1) is 29.8 Å². The summed E-state index contributed by atoms with van der Waals surface area (Å²) in [6.45, 7) is 5.15. The second-order valence-corrected chi connectivity index (χ2v) is 9.04. The van der Waals surface area contributed by atoms with E-state index in [-0.39, 0.29) is 12.5 Å². The third kappa shape index (κ3) is 4.35. The highest BCUT2D eigenvalue weighted by Crippen LogP contribution is 2.31. The quantitative estimate of drug-likeness (QED) is 0.583. The maximum Gasteiger partial charge on any atom is 0.254 e. The van der Waals surface area contributed by atoms with Crippen LogP contribution >= 0.6 is 0 Å². The van der Waals surface area contributed by atoms with Crippen molar-refractivity contribution < 1.29 is 9.53 Å². The first kappa shape index (κ1) is 22.7. The zero-order chi connectivity index (χ0) is 23.5. The van der Waals surface area contributed by atoms with Crippen molar-refractivity contribution in [2.45, 2.75) is 51.7 Å². The van der Waals surface area contributed by atoms with E-state index in [9.17, 15) is 4.79 Å². The van der Waals surface area contributed by atoms with Gasteiger partial charge in [0, 0.05) is 31.5 Å². The van der Waals surface area contributed by atoms with Crippen molar-refractivity contribution in [1.82, 2.24) is 30.0 Å². The van der Waals surface area contributed by atoms with E-state index in [1.54, 1.807) is 18.0 Å². The summed E-state index contributed by atoms with van der Waals surface area (Å²) in [5, 5.41) is 7.62. The highest BCUT2D eigenvalue weighted by Gasteiger charge is 2.26. The Hall–Kier alpha value is -3.10. The fourth-order valence-electron chi connectivity index (χ4n) is 5.21. The minimum atomic E-state index is -0.138. The molecule has 1 amide bonds. The van der Waals surface area contributed by atoms with Crippen LogP contribution in [0.5, 0.6) is 0 Å². The summed E-state index contributed by atoms with van der Waals surface area (Å²) in [4.78, 5) is 25.1. The second kappa shape index (κ2) is 10.0. The van der Waals surface area contributed by atoms with Gasteiger partial charge in [-0.25, -0.2) is 9.97 Å². The maximum absolute atomic E-state index is 13.1. The number of nitrogens with zero attached hydrogens (tertiary/aromatic N) is 5. The van der Waals surface area contributed by atoms with Crippen LogP contribution in [0.2, 0.25) is 0 Å². The van der Waals surface area contributed by atoms with Gasteiger partial charge in [-0.15, -0.1) is 0 Å². The van der Waals surface area contributed by atoms with Crippen molar-refractivity contribution in [2.24, 2.45) is 0 Å². The molecule has 3 aromatic rings. The Morgan fingerprint density at radius 3 is 2.88 bits per heavy atom. The van der Waals surface area contributed by atoms with Crippen LogP contribution < -0.4 is 5.32 Å². The maximum atomic E-state index is 13.1. The molecule has 1 saturated heterocycles. The number of benzene rings is 1. The Bertz CT molecular complexity index is 1170. The van der Waals surface area contributed by atoms with E-state index in [2.05, 4.69) is 45.4 Å². The van der Waals surface area contributed by atoms with Gasteiger partial charge in [-0.1, -0.05) is 31.2 Å². The van der Waals surface area contributed by atoms with Gasteiger partial charge < -0.3 is 10.1 Å². The smallest absolute Gasteiger partial charge is 0.254 e. The molecule has 178 valence electrons. The summed E-state index contributed by atoms with van der Waals surface area (Å²) in [5.74, 6) is 0.316. The number of hydrogen-bond acceptors (Lipinski definition) is 6. The number of aryl methyl sites for hydroxylation is 2. The van der Waals surface area contributed by atoms with Crippen molar-refractivity contribution in [3.05, 3.63) is 59.0 Å². The molecule has 1 aliphatic heterocycles. The zero-order valence-electron chi connectivity index (χ0n) is 20.0. The van der Waals surface area contributed by atoms with Gasteiger partial charge in [0.15, 0.2) is 0 Å². The number of carbonyl (C=O) groups excluding carboxylic acids is 1. The van der Waals surface area contributed by atoms with Crippen molar-refractivity contribution in [2.75, 3.05) is 26.7 Å². The van der Waals surface area contributed by atoms with Gasteiger partial charge in [-0.05, 0) is 56.3 Å². The number of fused-ring (bicyclic) bond motifs is 3. The predicted molar refractivity (Wildman–Crippen MR) is 130 cm³/mol. The Balaban J connectivity index is 1.44. The largest absolute Gasteiger partial charge is 0.378 e. The monoisotopic (exact) mass is 460 g/mol. The Kier molecular flexibility index (Phi) is 6.69. The number of likely N-dealkylation sites (N-methyl/N-ethyl adjacent to an activating group) is 1. The number of hydrogen-bond donors (Lipinski definition) is 1. The number of rotatable bonds is 7. The van der Waals surface area contributed by atoms with Crippen LogP contribution in [0.1, 0.15) is 53.4 Å². The summed E-state index contributed by atoms with van der Waals surface area (Å²) in [6, 6.07) is 8.81. The van der Waals surface area contributed by atoms with Crippen molar-refractivity contribution >= 4 is 5.91 Å². The predicted octanol–water partition coefficient (Wildman–Crippen LogP) is 3.18. The fraction of sp³-hybridized carbons (Fsp3) is 0.462. The first-order valence-corrected chi connectivity index (χ1v) is 12.2. The van der Waals surface area contributed by atoms with E-state index in [1.807, 2.05) is 12.3 Å². The minimum Gasteiger partial charge on any atom is -0.378 e. The normalized spacial score (nSPS) is 17.8. The third-order valence-electron chi connectivity index (χ3n) is 7.00. The minimum absolute atomic E-state index is 0.138. The van der Waals surface area contributed by atoms with E-state index in [0.29, 0.717) is 29.8 Å². The molecule has 0 bridgehead atoms. The fourth-order valence-corrected chi connectivity index (χ4v) is 5.21. The van der Waals surface area contributed by atoms with E-state index >= 15 is 0 Å². The Labute approximate surface area is 200 Å². The molecule has 1 unspecified atom stereocenters. The van der Waals surface area contributed by atoms with Gasteiger partial charge >= 0.3 is 0 Å². The zero-order valence-corrected chi connectivity index (χ0v) is 20.0. The molecule has 8 nitrogen and oxygen atoms in total. The molecule has 0 spiro atoms. The van der Waals surface area contributed by atoms with Crippen LogP contribution in [0.4, 0.5) is 0 Å². The molecule has 2 aliphatic rings. The number of likely N-dealkylation sites (tertiary alicyclic amines) is 1. The molecule has 1 atom stereocenters. The van der Waals surface area contributed by atoms with Crippen molar-refractivity contribution in [3.63, 3.8) is 0 Å². The Morgan fingerprint density at radius 1 is 1.18 bits per heavy atom. The molecule has 1 aliphatic carbocycles. The first-order chi connectivity index (χ1) is 16.7. The molecule has 1 N–H and O–H groups in total. The Morgan fingerprint density at radius 2 is 2.03 bits per heavy atom. The second-order valence-electron chi connectivity index (χ2n) is 9.04. The van der Waals surface area contributed by atoms with E-state index in [4.69, 9.17) is 9.72 Å². The number of ether oxygens (including phenoxy) is 1. The molecule has 34 heavy (non-hydrogen) atoms. The molecular weight excluding hydrogens is 428 g/mol. The average Bonchev–Trinajstić information content (AvgIpc) is 3.45. The van der Waals surface area contributed by atoms with Crippen LogP contribution in [-0.2, 0) is 24.2 Å². The molecule has 0 radical (unpaired) electrons. The number of nitrogens with one attached hydrogen (secondary N) is 1. The number of methoxy groups -OCH3 is 1. The first-order valence-electron chi connectivity index (χ1n) is 12.2. The van der Waals surface area contributed by atoms with Gasteiger partial charge in [0.25, 0.3) is 11.9 Å². The standard InChI is InChI=1S/C26H32N6O2/c1-3-31-13-7-11-20(31)15-27-25(33)22-16-29-32(23(22)17-34-2)26-28-14-19-10-6-9-18-8-4-5-12-21(18)24(19)30-26/h4-5,8,12,14,16,20H,3,6-7,9-11,13,15,17H2,1-2H3,(H,27,33). The summed E-state index contributed by atoms with van der Waals surface area (Å²) in [7, 11) is 1.62. The molecule has 5 rings (SSSR count). The van der Waals surface area contributed by atoms with Crippen LogP contribution in [0.25, 0.3) is 17.2 Å². The molecular formula is C26H32N6O2. The van der Waals surface area contributed by atoms with Crippen LogP contribution in [0.15, 0.2) is 36.7 Å². The van der Waals surface area contributed by atoms with Crippen LogP contribution in [0, 0.1) is 0 Å². The number of amides is 1. The third-order valence-corrected chi connectivity index (χ3v) is 7.00. The lowest BCUT2D eigenvalue weighted by Crippen LogP contribution is -2.40. The lowest BCUT2D eigenvalue weighted by molar-refractivity contribution is 0.0936. The summed E-state index contributed by atoms with van der Waals surface area (Å²) < 4.78 is 7.07. The van der Waals surface area contributed by atoms with Gasteiger partial charge in [-0.3, -0.25) is 9.69 Å². The molecule has 2 aromatic heterocycles. The highest BCUT2D eigenvalue weighted by molar-refractivity contribution is 5.95. The van der Waals surface area contributed by atoms with E-state index in [1.165, 1.54) is 12.0 Å². The summed E-state index contributed by atoms with van der Waals surface area (Å²) in [5.41, 5.74) is 5.70. The molecule has 1 aromatic carbocycles. The SMILES string of the molecule is CCN1CCCC1CNC(=O)c1cnn(-c2ncc3c(n2)-c2ccccc2CCC3)c1COC. The topological polar surface area (TPSA) is 85.2 Å². The molecule has 8 heteroatoms. The van der Waals surface area contributed by atoms with Gasteiger partial charge in [0.2, 0.25) is 0 Å². The molecule has 0 saturated carbocycles. The van der Waals surface area contributed by atoms with Gasteiger partial charge in [-0.2, -0.15) is 9.78 Å². The molecule has 3 heterocycles. The number of carbonyl (C=O) groups is 1.